The fourth-order valence-corrected chi connectivity index (χ4v) is 2.56. The summed E-state index contributed by atoms with van der Waals surface area (Å²) in [4.78, 5) is 24.9. The van der Waals surface area contributed by atoms with Crippen LogP contribution in [0.5, 0.6) is 5.75 Å². The van der Waals surface area contributed by atoms with Crippen molar-refractivity contribution in [3.05, 3.63) is 65.7 Å². The summed E-state index contributed by atoms with van der Waals surface area (Å²) in [6.45, 7) is 4.21. The number of aliphatic hydroxyl groups excluding tert-OH is 1. The van der Waals surface area contributed by atoms with Crippen molar-refractivity contribution in [2.45, 2.75) is 32.5 Å². The first-order valence-electron chi connectivity index (χ1n) is 9.09. The van der Waals surface area contributed by atoms with E-state index in [9.17, 15) is 14.7 Å². The number of aliphatic hydroxyl groups is 1. The molecule has 0 saturated carbocycles. The Balaban J connectivity index is 1.85. The van der Waals surface area contributed by atoms with Crippen LogP contribution in [0.4, 0.5) is 4.79 Å². The molecule has 7 nitrogen and oxygen atoms in total. The molecule has 0 heterocycles. The smallest absolute Gasteiger partial charge is 0.335 e. The standard InChI is InChI=1S/C21H26N2O5/c1-15(2)23(13-18(24)14-28-19-6-4-3-5-7-19)21(27)22-12-16-8-10-17(11-9-16)20(25)26/h3-11,15,18,24H,12-14H2,1-2H3,(H,22,27)(H,25,26). The number of benzene rings is 2. The molecule has 7 heteroatoms. The van der Waals surface area contributed by atoms with E-state index in [1.54, 1.807) is 24.3 Å². The second-order valence-electron chi connectivity index (χ2n) is 6.68. The molecule has 2 aromatic carbocycles. The highest BCUT2D eigenvalue weighted by atomic mass is 16.5. The second kappa shape index (κ2) is 10.3. The van der Waals surface area contributed by atoms with E-state index < -0.39 is 12.1 Å². The first-order valence-corrected chi connectivity index (χ1v) is 9.09. The van der Waals surface area contributed by atoms with Gasteiger partial charge < -0.3 is 25.2 Å². The first-order chi connectivity index (χ1) is 13.4. The van der Waals surface area contributed by atoms with Gasteiger partial charge in [-0.05, 0) is 43.7 Å². The van der Waals surface area contributed by atoms with E-state index in [2.05, 4.69) is 5.32 Å². The summed E-state index contributed by atoms with van der Waals surface area (Å²) in [5.74, 6) is -0.333. The summed E-state index contributed by atoms with van der Waals surface area (Å²) in [6, 6.07) is 15.1. The summed E-state index contributed by atoms with van der Waals surface area (Å²) >= 11 is 0. The van der Waals surface area contributed by atoms with E-state index in [1.165, 1.54) is 17.0 Å². The Bertz CT molecular complexity index is 762. The normalized spacial score (nSPS) is 11.7. The Morgan fingerprint density at radius 3 is 2.29 bits per heavy atom. The number of aromatic carboxylic acids is 1. The SMILES string of the molecule is CC(C)N(CC(O)COc1ccccc1)C(=O)NCc1ccc(C(=O)O)cc1. The molecule has 0 spiro atoms. The average Bonchev–Trinajstić information content (AvgIpc) is 2.69. The molecule has 2 amide bonds. The van der Waals surface area contributed by atoms with Gasteiger partial charge in [-0.25, -0.2) is 9.59 Å². The largest absolute Gasteiger partial charge is 0.491 e. The van der Waals surface area contributed by atoms with Crippen LogP contribution in [-0.4, -0.2) is 52.4 Å². The molecule has 0 aliphatic carbocycles. The van der Waals surface area contributed by atoms with Gasteiger partial charge in [-0.3, -0.25) is 0 Å². The maximum absolute atomic E-state index is 12.5. The molecule has 0 aromatic heterocycles. The lowest BCUT2D eigenvalue weighted by molar-refractivity contribution is 0.0689. The van der Waals surface area contributed by atoms with Gasteiger partial charge in [0.05, 0.1) is 12.1 Å². The maximum atomic E-state index is 12.5. The lowest BCUT2D eigenvalue weighted by atomic mass is 10.1. The monoisotopic (exact) mass is 386 g/mol. The van der Waals surface area contributed by atoms with Gasteiger partial charge in [0.25, 0.3) is 0 Å². The fourth-order valence-electron chi connectivity index (χ4n) is 2.56. The number of carboxylic acids is 1. The molecule has 28 heavy (non-hydrogen) atoms. The lowest BCUT2D eigenvalue weighted by Gasteiger charge is -2.29. The Hall–Kier alpha value is -3.06. The molecule has 0 bridgehead atoms. The minimum absolute atomic E-state index is 0.0805. The van der Waals surface area contributed by atoms with Crippen molar-refractivity contribution in [3.63, 3.8) is 0 Å². The molecule has 0 aliphatic rings. The highest BCUT2D eigenvalue weighted by Gasteiger charge is 2.20. The number of urea groups is 1. The third-order valence-electron chi connectivity index (χ3n) is 4.12. The number of para-hydroxylation sites is 1. The minimum atomic E-state index is -0.992. The molecule has 0 aliphatic heterocycles. The Morgan fingerprint density at radius 1 is 1.07 bits per heavy atom. The van der Waals surface area contributed by atoms with Gasteiger partial charge in [-0.1, -0.05) is 30.3 Å². The van der Waals surface area contributed by atoms with Gasteiger partial charge in [0.15, 0.2) is 0 Å². The molecule has 0 radical (unpaired) electrons. The number of ether oxygens (including phenoxy) is 1. The molecule has 1 atom stereocenters. The van der Waals surface area contributed by atoms with Crippen LogP contribution in [0.25, 0.3) is 0 Å². The minimum Gasteiger partial charge on any atom is -0.491 e. The zero-order valence-electron chi connectivity index (χ0n) is 16.0. The van der Waals surface area contributed by atoms with Crippen LogP contribution in [-0.2, 0) is 6.54 Å². The highest BCUT2D eigenvalue weighted by molar-refractivity contribution is 5.87. The maximum Gasteiger partial charge on any atom is 0.335 e. The number of nitrogens with one attached hydrogen (secondary N) is 1. The van der Waals surface area contributed by atoms with Crippen molar-refractivity contribution in [2.75, 3.05) is 13.2 Å². The second-order valence-corrected chi connectivity index (χ2v) is 6.68. The fraction of sp³-hybridized carbons (Fsp3) is 0.333. The number of nitrogens with zero attached hydrogens (tertiary/aromatic N) is 1. The van der Waals surface area contributed by atoms with Gasteiger partial charge in [-0.2, -0.15) is 0 Å². The molecule has 150 valence electrons. The van der Waals surface area contributed by atoms with Crippen molar-refractivity contribution in [2.24, 2.45) is 0 Å². The van der Waals surface area contributed by atoms with Crippen LogP contribution in [0, 0.1) is 0 Å². The number of hydrogen-bond acceptors (Lipinski definition) is 4. The van der Waals surface area contributed by atoms with Crippen LogP contribution < -0.4 is 10.1 Å². The van der Waals surface area contributed by atoms with Gasteiger partial charge >= 0.3 is 12.0 Å². The number of hydrogen-bond donors (Lipinski definition) is 3. The molecule has 2 aromatic rings. The Kier molecular flexibility index (Phi) is 7.83. The van der Waals surface area contributed by atoms with Gasteiger partial charge in [0, 0.05) is 12.6 Å². The molecular formula is C21H26N2O5. The number of carbonyl (C=O) groups excluding carboxylic acids is 1. The molecule has 0 fully saturated rings. The quantitative estimate of drug-likeness (QED) is 0.615. The molecule has 0 saturated heterocycles. The van der Waals surface area contributed by atoms with E-state index in [0.717, 1.165) is 5.56 Å². The van der Waals surface area contributed by atoms with Crippen molar-refractivity contribution in [1.82, 2.24) is 10.2 Å². The van der Waals surface area contributed by atoms with Gasteiger partial charge in [0.2, 0.25) is 0 Å². The lowest BCUT2D eigenvalue weighted by Crippen LogP contribution is -2.48. The average molecular weight is 386 g/mol. The van der Waals surface area contributed by atoms with E-state index >= 15 is 0 Å². The predicted molar refractivity (Wildman–Crippen MR) is 105 cm³/mol. The van der Waals surface area contributed by atoms with Crippen LogP contribution in [0.2, 0.25) is 0 Å². The van der Waals surface area contributed by atoms with E-state index in [0.29, 0.717) is 5.75 Å². The van der Waals surface area contributed by atoms with Gasteiger partial charge in [-0.15, -0.1) is 0 Å². The molecule has 1 unspecified atom stereocenters. The summed E-state index contributed by atoms with van der Waals surface area (Å²) in [5.41, 5.74) is 0.982. The predicted octanol–water partition coefficient (Wildman–Crippen LogP) is 2.74. The third-order valence-corrected chi connectivity index (χ3v) is 4.12. The summed E-state index contributed by atoms with van der Waals surface area (Å²) in [6.07, 6.45) is -0.830. The van der Waals surface area contributed by atoms with Crippen LogP contribution in [0.3, 0.4) is 0 Å². The summed E-state index contributed by atoms with van der Waals surface area (Å²) in [5, 5.41) is 22.0. The zero-order chi connectivity index (χ0) is 20.5. The number of carboxylic acid groups (broad SMARTS) is 1. The molecule has 3 N–H and O–H groups in total. The number of rotatable bonds is 9. The van der Waals surface area contributed by atoms with Crippen LogP contribution in [0.15, 0.2) is 54.6 Å². The van der Waals surface area contributed by atoms with Crippen LogP contribution in [0.1, 0.15) is 29.8 Å². The van der Waals surface area contributed by atoms with Crippen molar-refractivity contribution >= 4 is 12.0 Å². The van der Waals surface area contributed by atoms with E-state index in [4.69, 9.17) is 9.84 Å². The van der Waals surface area contributed by atoms with Gasteiger partial charge in [0.1, 0.15) is 18.5 Å². The third kappa shape index (κ3) is 6.59. The summed E-state index contributed by atoms with van der Waals surface area (Å²) < 4.78 is 5.53. The Labute approximate surface area is 164 Å². The molecule has 2 rings (SSSR count). The van der Waals surface area contributed by atoms with E-state index in [-0.39, 0.29) is 37.3 Å². The number of amides is 2. The van der Waals surface area contributed by atoms with Crippen molar-refractivity contribution < 1.29 is 24.5 Å². The molecular weight excluding hydrogens is 360 g/mol. The number of carbonyl (C=O) groups is 2. The Morgan fingerprint density at radius 2 is 1.71 bits per heavy atom. The highest BCUT2D eigenvalue weighted by Crippen LogP contribution is 2.10. The first kappa shape index (κ1) is 21.2. The van der Waals surface area contributed by atoms with Crippen molar-refractivity contribution in [3.8, 4) is 5.75 Å². The van der Waals surface area contributed by atoms with Crippen LogP contribution >= 0.6 is 0 Å². The van der Waals surface area contributed by atoms with E-state index in [1.807, 2.05) is 32.0 Å². The summed E-state index contributed by atoms with van der Waals surface area (Å²) in [7, 11) is 0. The topological polar surface area (TPSA) is 99.1 Å². The van der Waals surface area contributed by atoms with Crippen molar-refractivity contribution in [1.29, 1.82) is 0 Å². The zero-order valence-corrected chi connectivity index (χ0v) is 16.0.